The topological polar surface area (TPSA) is 158 Å². The van der Waals surface area contributed by atoms with Gasteiger partial charge in [0.25, 0.3) is 5.91 Å². The molecule has 1 aromatic heterocycles. The third-order valence-corrected chi connectivity index (χ3v) is 7.45. The number of ether oxygens (including phenoxy) is 1. The number of halogens is 4. The lowest BCUT2D eigenvalue weighted by atomic mass is 9.85. The molecule has 43 heavy (non-hydrogen) atoms. The molecule has 5 rings (SSSR count). The Hall–Kier alpha value is -4.30. The van der Waals surface area contributed by atoms with Crippen molar-refractivity contribution in [1.82, 2.24) is 20.4 Å². The number of carboxylic acids is 1. The number of aliphatic carboxylic acids is 1. The highest BCUT2D eigenvalue weighted by Crippen LogP contribution is 2.38. The molecule has 3 heterocycles. The maximum Gasteiger partial charge on any atom is 0.490 e. The van der Waals surface area contributed by atoms with E-state index in [0.717, 1.165) is 5.39 Å². The molecule has 2 amide bonds. The van der Waals surface area contributed by atoms with Gasteiger partial charge in [-0.25, -0.2) is 4.79 Å². The van der Waals surface area contributed by atoms with Crippen molar-refractivity contribution < 1.29 is 37.4 Å². The molecule has 0 unspecified atom stereocenters. The second-order valence-electron chi connectivity index (χ2n) is 10.3. The number of hydrogen-bond donors (Lipinski definition) is 4. The average molecular weight is 621 g/mol. The molecular weight excluding hydrogens is 593 g/mol. The van der Waals surface area contributed by atoms with Crippen LogP contribution in [0.25, 0.3) is 10.9 Å². The number of fused-ring (bicyclic) bond motifs is 1. The van der Waals surface area contributed by atoms with Crippen molar-refractivity contribution in [2.24, 2.45) is 0 Å². The third-order valence-electron chi connectivity index (χ3n) is 7.04. The molecule has 0 aliphatic carbocycles. The number of rotatable bonds is 4. The number of nitrogens with one attached hydrogen (secondary N) is 3. The van der Waals surface area contributed by atoms with Crippen LogP contribution in [0.3, 0.4) is 0 Å². The van der Waals surface area contributed by atoms with E-state index in [0.29, 0.717) is 41.2 Å². The molecule has 3 aromatic rings. The molecule has 15 heteroatoms. The zero-order chi connectivity index (χ0) is 31.5. The second-order valence-corrected chi connectivity index (χ2v) is 10.7. The van der Waals surface area contributed by atoms with Crippen molar-refractivity contribution in [1.29, 1.82) is 5.41 Å². The third kappa shape index (κ3) is 7.20. The van der Waals surface area contributed by atoms with Gasteiger partial charge in [-0.15, -0.1) is 10.2 Å². The van der Waals surface area contributed by atoms with Crippen molar-refractivity contribution in [3.05, 3.63) is 64.8 Å². The van der Waals surface area contributed by atoms with Gasteiger partial charge in [-0.05, 0) is 50.5 Å². The van der Waals surface area contributed by atoms with Crippen LogP contribution in [-0.2, 0) is 19.9 Å². The Morgan fingerprint density at radius 1 is 1.21 bits per heavy atom. The molecule has 3 atom stereocenters. The van der Waals surface area contributed by atoms with Crippen LogP contribution < -0.4 is 10.6 Å². The Morgan fingerprint density at radius 3 is 2.56 bits per heavy atom. The summed E-state index contributed by atoms with van der Waals surface area (Å²) in [5.41, 5.74) is 0.945. The lowest BCUT2D eigenvalue weighted by Gasteiger charge is -2.45. The number of carboxylic acid groups (broad SMARTS) is 1. The molecule has 228 valence electrons. The van der Waals surface area contributed by atoms with Gasteiger partial charge in [0, 0.05) is 18.0 Å². The normalized spacial score (nSPS) is 22.3. The maximum atomic E-state index is 13.2. The first-order valence-electron chi connectivity index (χ1n) is 13.1. The monoisotopic (exact) mass is 620 g/mol. The van der Waals surface area contributed by atoms with Crippen LogP contribution in [0.4, 0.5) is 18.9 Å². The summed E-state index contributed by atoms with van der Waals surface area (Å²) in [6.45, 7) is 4.38. The van der Waals surface area contributed by atoms with Gasteiger partial charge in [0.05, 0.1) is 34.3 Å². The first-order valence-corrected chi connectivity index (χ1v) is 13.5. The maximum absolute atomic E-state index is 13.2. The second kappa shape index (κ2) is 12.5. The standard InChI is InChI=1S/C26H27ClN6O3.C2HF3O2/c1-15-12-17(10-11-36-15)33-22(34)14-26(2,30-25(33)28)18-7-5-9-20(23(18)27)29-24(35)21-13-16-6-3-4-8-19(16)31-32-21;3-2(4,5)1(6)7/h3-9,13,15,17H,10-12,14H2,1-2H3,(H2,28,30)(H,29,35);(H,6,7)/t15-,17-,26+;/m1./s1. The predicted molar refractivity (Wildman–Crippen MR) is 151 cm³/mol. The van der Waals surface area contributed by atoms with E-state index in [2.05, 4.69) is 20.8 Å². The van der Waals surface area contributed by atoms with Gasteiger partial charge in [-0.3, -0.25) is 19.9 Å². The summed E-state index contributed by atoms with van der Waals surface area (Å²) >= 11 is 6.76. The van der Waals surface area contributed by atoms with Crippen LogP contribution in [0.1, 0.15) is 49.2 Å². The molecule has 0 spiro atoms. The summed E-state index contributed by atoms with van der Waals surface area (Å²) < 4.78 is 37.3. The molecule has 2 aromatic carbocycles. The number of carbonyl (C=O) groups excluding carboxylic acids is 2. The molecule has 2 aliphatic rings. The van der Waals surface area contributed by atoms with E-state index in [1.807, 2.05) is 38.1 Å². The lowest BCUT2D eigenvalue weighted by Crippen LogP contribution is -2.63. The highest BCUT2D eigenvalue weighted by molar-refractivity contribution is 6.35. The Labute approximate surface area is 248 Å². The Kier molecular flexibility index (Phi) is 9.21. The summed E-state index contributed by atoms with van der Waals surface area (Å²) in [6, 6.07) is 14.3. The fraction of sp³-hybridized carbons (Fsp3) is 0.357. The van der Waals surface area contributed by atoms with Crippen LogP contribution in [0.2, 0.25) is 5.02 Å². The number of benzene rings is 2. The van der Waals surface area contributed by atoms with E-state index in [9.17, 15) is 22.8 Å². The van der Waals surface area contributed by atoms with Gasteiger partial charge in [0.15, 0.2) is 11.7 Å². The van der Waals surface area contributed by atoms with E-state index in [4.69, 9.17) is 31.6 Å². The largest absolute Gasteiger partial charge is 0.490 e. The van der Waals surface area contributed by atoms with E-state index >= 15 is 0 Å². The van der Waals surface area contributed by atoms with Crippen LogP contribution in [0.15, 0.2) is 48.5 Å². The molecule has 0 radical (unpaired) electrons. The number of nitrogens with zero attached hydrogens (tertiary/aromatic N) is 3. The fourth-order valence-corrected chi connectivity index (χ4v) is 5.35. The quantitative estimate of drug-likeness (QED) is 0.327. The van der Waals surface area contributed by atoms with Gasteiger partial charge in [0.2, 0.25) is 5.91 Å². The van der Waals surface area contributed by atoms with Crippen LogP contribution >= 0.6 is 11.6 Å². The Morgan fingerprint density at radius 2 is 1.91 bits per heavy atom. The van der Waals surface area contributed by atoms with Crippen molar-refractivity contribution in [3.8, 4) is 0 Å². The lowest BCUT2D eigenvalue weighted by molar-refractivity contribution is -0.192. The predicted octanol–water partition coefficient (Wildman–Crippen LogP) is 4.71. The summed E-state index contributed by atoms with van der Waals surface area (Å²) in [5.74, 6) is -3.30. The van der Waals surface area contributed by atoms with Crippen molar-refractivity contribution in [2.75, 3.05) is 11.9 Å². The summed E-state index contributed by atoms with van der Waals surface area (Å²) in [6.07, 6.45) is -3.54. The highest BCUT2D eigenvalue weighted by atomic mass is 35.5. The fourth-order valence-electron chi connectivity index (χ4n) is 4.97. The SMILES string of the molecule is C[C@@H]1C[C@H](N2C(=N)N[C@](C)(c3cccc(NC(=O)c4cc5ccccc5nn4)c3Cl)CC2=O)CCO1.O=C(O)C(F)(F)F. The average Bonchev–Trinajstić information content (AvgIpc) is 2.93. The van der Waals surface area contributed by atoms with Gasteiger partial charge in [0.1, 0.15) is 0 Å². The van der Waals surface area contributed by atoms with Gasteiger partial charge in [-0.1, -0.05) is 41.9 Å². The number of anilines is 1. The van der Waals surface area contributed by atoms with Crippen LogP contribution in [0.5, 0.6) is 0 Å². The minimum Gasteiger partial charge on any atom is -0.475 e. The zero-order valence-electron chi connectivity index (χ0n) is 23.0. The minimum atomic E-state index is -5.08. The summed E-state index contributed by atoms with van der Waals surface area (Å²) in [7, 11) is 0. The molecule has 2 aliphatic heterocycles. The Bertz CT molecular complexity index is 1550. The van der Waals surface area contributed by atoms with Crippen molar-refractivity contribution in [2.45, 2.75) is 57.0 Å². The number of amides is 2. The van der Waals surface area contributed by atoms with Crippen molar-refractivity contribution >= 4 is 51.9 Å². The molecular formula is C28H28ClF3N6O5. The van der Waals surface area contributed by atoms with Crippen LogP contribution in [-0.4, -0.2) is 68.9 Å². The van der Waals surface area contributed by atoms with E-state index in [-0.39, 0.29) is 36.1 Å². The first-order chi connectivity index (χ1) is 20.2. The van der Waals surface area contributed by atoms with Crippen molar-refractivity contribution in [3.63, 3.8) is 0 Å². The molecule has 11 nitrogen and oxygen atoms in total. The first kappa shape index (κ1) is 31.6. The van der Waals surface area contributed by atoms with E-state index < -0.39 is 23.6 Å². The molecule has 2 fully saturated rings. The number of hydrogen-bond acceptors (Lipinski definition) is 7. The summed E-state index contributed by atoms with van der Waals surface area (Å²) in [5, 5.41) is 31.0. The molecule has 0 bridgehead atoms. The molecule has 4 N–H and O–H groups in total. The van der Waals surface area contributed by atoms with Gasteiger partial charge < -0.3 is 20.5 Å². The number of alkyl halides is 3. The molecule has 0 saturated carbocycles. The van der Waals surface area contributed by atoms with E-state index in [1.165, 1.54) is 0 Å². The molecule has 2 saturated heterocycles. The number of aromatic nitrogens is 2. The van der Waals surface area contributed by atoms with Gasteiger partial charge in [-0.2, -0.15) is 13.2 Å². The van der Waals surface area contributed by atoms with E-state index in [1.54, 1.807) is 29.2 Å². The summed E-state index contributed by atoms with van der Waals surface area (Å²) in [4.78, 5) is 36.6. The smallest absolute Gasteiger partial charge is 0.475 e. The number of guanidine groups is 1. The number of carbonyl (C=O) groups is 3. The Balaban J connectivity index is 0.000000541. The highest BCUT2D eigenvalue weighted by Gasteiger charge is 2.44. The zero-order valence-corrected chi connectivity index (χ0v) is 23.8. The van der Waals surface area contributed by atoms with Crippen LogP contribution in [0, 0.1) is 5.41 Å². The van der Waals surface area contributed by atoms with Gasteiger partial charge >= 0.3 is 12.1 Å². The minimum absolute atomic E-state index is 0.0414.